The van der Waals surface area contributed by atoms with E-state index in [1.165, 1.54) is 24.0 Å². The summed E-state index contributed by atoms with van der Waals surface area (Å²) in [5.41, 5.74) is 2.42. The van der Waals surface area contributed by atoms with Crippen LogP contribution in [0, 0.1) is 5.92 Å². The number of nitrogens with zero attached hydrogens (tertiary/aromatic N) is 2. The van der Waals surface area contributed by atoms with Crippen molar-refractivity contribution in [2.24, 2.45) is 5.92 Å². The minimum atomic E-state index is 0.100. The van der Waals surface area contributed by atoms with Crippen molar-refractivity contribution in [3.05, 3.63) is 71.8 Å². The van der Waals surface area contributed by atoms with E-state index in [0.717, 1.165) is 38.5 Å². The fourth-order valence-corrected chi connectivity index (χ4v) is 5.40. The number of amides is 1. The molecular weight excluding hydrogens is 382 g/mol. The number of likely N-dealkylation sites (N-methyl/N-ethyl adjacent to an activating group) is 1. The molecule has 2 aromatic rings. The topological polar surface area (TPSA) is 35.6 Å². The molecule has 2 aromatic carbocycles. The van der Waals surface area contributed by atoms with Crippen LogP contribution in [0.25, 0.3) is 0 Å². The number of rotatable bonds is 7. The summed E-state index contributed by atoms with van der Waals surface area (Å²) in [5, 5.41) is 3.48. The van der Waals surface area contributed by atoms with E-state index in [4.69, 9.17) is 0 Å². The average molecular weight is 420 g/mol. The first-order valence-electron chi connectivity index (χ1n) is 11.9. The summed E-state index contributed by atoms with van der Waals surface area (Å²) in [4.78, 5) is 18.0. The van der Waals surface area contributed by atoms with Gasteiger partial charge in [-0.25, -0.2) is 0 Å². The van der Waals surface area contributed by atoms with Crippen LogP contribution in [0.1, 0.15) is 49.7 Å². The second kappa shape index (κ2) is 10.4. The lowest BCUT2D eigenvalue weighted by Crippen LogP contribution is -2.44. The van der Waals surface area contributed by atoms with Crippen molar-refractivity contribution in [2.45, 2.75) is 50.6 Å². The zero-order chi connectivity index (χ0) is 21.6. The summed E-state index contributed by atoms with van der Waals surface area (Å²) in [6.45, 7) is 6.79. The van der Waals surface area contributed by atoms with Crippen LogP contribution in [0.3, 0.4) is 0 Å². The van der Waals surface area contributed by atoms with Crippen LogP contribution < -0.4 is 5.32 Å². The van der Waals surface area contributed by atoms with Crippen LogP contribution in [-0.4, -0.2) is 61.0 Å². The van der Waals surface area contributed by atoms with Gasteiger partial charge in [-0.2, -0.15) is 0 Å². The fraction of sp³-hybridized carbons (Fsp3) is 0.519. The van der Waals surface area contributed by atoms with E-state index in [-0.39, 0.29) is 11.8 Å². The monoisotopic (exact) mass is 419 g/mol. The Bertz CT molecular complexity index is 779. The first-order valence-corrected chi connectivity index (χ1v) is 11.9. The molecule has 4 rings (SSSR count). The molecule has 0 spiro atoms. The SMILES string of the molecule is CC(C1CCNCC1)N1CCC(N(C)C(=O)CC(c2ccccc2)c2ccccc2)C1. The molecule has 0 aromatic heterocycles. The van der Waals surface area contributed by atoms with Crippen molar-refractivity contribution < 1.29 is 4.79 Å². The molecular formula is C27H37N3O. The quantitative estimate of drug-likeness (QED) is 0.733. The van der Waals surface area contributed by atoms with Crippen molar-refractivity contribution in [3.8, 4) is 0 Å². The summed E-state index contributed by atoms with van der Waals surface area (Å²) >= 11 is 0. The molecule has 4 nitrogen and oxygen atoms in total. The number of carbonyl (C=O) groups is 1. The first kappa shape index (κ1) is 22.0. The van der Waals surface area contributed by atoms with Gasteiger partial charge in [0.1, 0.15) is 0 Å². The molecule has 2 saturated heterocycles. The number of hydrogen-bond acceptors (Lipinski definition) is 3. The number of hydrogen-bond donors (Lipinski definition) is 1. The second-order valence-electron chi connectivity index (χ2n) is 9.35. The van der Waals surface area contributed by atoms with Gasteiger partial charge in [0.05, 0.1) is 0 Å². The van der Waals surface area contributed by atoms with E-state index in [1.807, 2.05) is 24.1 Å². The molecule has 2 heterocycles. The Morgan fingerprint density at radius 2 is 1.58 bits per heavy atom. The van der Waals surface area contributed by atoms with Crippen molar-refractivity contribution in [3.63, 3.8) is 0 Å². The number of likely N-dealkylation sites (tertiary alicyclic amines) is 1. The van der Waals surface area contributed by atoms with E-state index in [2.05, 4.69) is 65.7 Å². The highest BCUT2D eigenvalue weighted by Crippen LogP contribution is 2.30. The third kappa shape index (κ3) is 5.36. The molecule has 2 aliphatic heterocycles. The Kier molecular flexibility index (Phi) is 7.41. The van der Waals surface area contributed by atoms with E-state index < -0.39 is 0 Å². The third-order valence-corrected chi connectivity index (χ3v) is 7.56. The van der Waals surface area contributed by atoms with E-state index in [1.54, 1.807) is 0 Å². The standard InChI is InChI=1S/C27H37N3O/c1-21(22-13-16-28-17-14-22)30-18-15-25(20-30)29(2)27(31)19-26(23-9-5-3-6-10-23)24-11-7-4-8-12-24/h3-12,21-22,25-26,28H,13-20H2,1-2H3. The van der Waals surface area contributed by atoms with Gasteiger partial charge in [0, 0.05) is 44.6 Å². The van der Waals surface area contributed by atoms with Crippen LogP contribution in [0.4, 0.5) is 0 Å². The van der Waals surface area contributed by atoms with E-state index in [0.29, 0.717) is 18.5 Å². The highest BCUT2D eigenvalue weighted by Gasteiger charge is 2.34. The first-order chi connectivity index (χ1) is 15.1. The van der Waals surface area contributed by atoms with Gasteiger partial charge in [-0.05, 0) is 56.3 Å². The van der Waals surface area contributed by atoms with Crippen LogP contribution in [0.15, 0.2) is 60.7 Å². The van der Waals surface area contributed by atoms with Gasteiger partial charge in [-0.15, -0.1) is 0 Å². The normalized spacial score (nSPS) is 21.3. The number of piperidine rings is 1. The maximum Gasteiger partial charge on any atom is 0.223 e. The van der Waals surface area contributed by atoms with Gasteiger partial charge in [-0.1, -0.05) is 60.7 Å². The van der Waals surface area contributed by atoms with E-state index in [9.17, 15) is 4.79 Å². The Hall–Kier alpha value is -2.17. The Morgan fingerprint density at radius 1 is 1.00 bits per heavy atom. The predicted octanol–water partition coefficient (Wildman–Crippen LogP) is 4.13. The van der Waals surface area contributed by atoms with Gasteiger partial charge in [0.2, 0.25) is 5.91 Å². The van der Waals surface area contributed by atoms with Gasteiger partial charge in [-0.3, -0.25) is 9.69 Å². The maximum atomic E-state index is 13.4. The molecule has 0 bridgehead atoms. The zero-order valence-electron chi connectivity index (χ0n) is 19.0. The molecule has 2 aliphatic rings. The van der Waals surface area contributed by atoms with E-state index >= 15 is 0 Å². The molecule has 0 aliphatic carbocycles. The highest BCUT2D eigenvalue weighted by molar-refractivity contribution is 5.78. The number of carbonyl (C=O) groups excluding carboxylic acids is 1. The van der Waals surface area contributed by atoms with Crippen LogP contribution in [0.5, 0.6) is 0 Å². The molecule has 0 radical (unpaired) electrons. The molecule has 0 saturated carbocycles. The fourth-order valence-electron chi connectivity index (χ4n) is 5.40. The Labute approximate surface area is 187 Å². The zero-order valence-corrected chi connectivity index (χ0v) is 19.0. The molecule has 166 valence electrons. The van der Waals surface area contributed by atoms with Crippen molar-refractivity contribution >= 4 is 5.91 Å². The summed E-state index contributed by atoms with van der Waals surface area (Å²) < 4.78 is 0. The highest BCUT2D eigenvalue weighted by atomic mass is 16.2. The average Bonchev–Trinajstić information content (AvgIpc) is 3.33. The maximum absolute atomic E-state index is 13.4. The van der Waals surface area contributed by atoms with Gasteiger partial charge < -0.3 is 10.2 Å². The molecule has 1 amide bonds. The van der Waals surface area contributed by atoms with Crippen molar-refractivity contribution in [1.29, 1.82) is 0 Å². The lowest BCUT2D eigenvalue weighted by atomic mass is 9.88. The predicted molar refractivity (Wildman–Crippen MR) is 127 cm³/mol. The lowest BCUT2D eigenvalue weighted by Gasteiger charge is -2.35. The summed E-state index contributed by atoms with van der Waals surface area (Å²) in [7, 11) is 2.01. The number of benzene rings is 2. The summed E-state index contributed by atoms with van der Waals surface area (Å²) in [5.74, 6) is 1.13. The second-order valence-corrected chi connectivity index (χ2v) is 9.35. The molecule has 4 heteroatoms. The summed E-state index contributed by atoms with van der Waals surface area (Å²) in [6.07, 6.45) is 4.14. The molecule has 31 heavy (non-hydrogen) atoms. The van der Waals surface area contributed by atoms with Crippen molar-refractivity contribution in [1.82, 2.24) is 15.1 Å². The smallest absolute Gasteiger partial charge is 0.223 e. The van der Waals surface area contributed by atoms with Gasteiger partial charge in [0.15, 0.2) is 0 Å². The molecule has 1 N–H and O–H groups in total. The number of nitrogens with one attached hydrogen (secondary N) is 1. The third-order valence-electron chi connectivity index (χ3n) is 7.56. The minimum absolute atomic E-state index is 0.100. The summed E-state index contributed by atoms with van der Waals surface area (Å²) in [6, 6.07) is 21.8. The molecule has 2 fully saturated rings. The van der Waals surface area contributed by atoms with Crippen LogP contribution in [0.2, 0.25) is 0 Å². The van der Waals surface area contributed by atoms with Crippen molar-refractivity contribution in [2.75, 3.05) is 33.2 Å². The molecule has 2 atom stereocenters. The van der Waals surface area contributed by atoms with Crippen LogP contribution >= 0.6 is 0 Å². The molecule has 2 unspecified atom stereocenters. The largest absolute Gasteiger partial charge is 0.341 e. The lowest BCUT2D eigenvalue weighted by molar-refractivity contribution is -0.132. The van der Waals surface area contributed by atoms with Gasteiger partial charge in [0.25, 0.3) is 0 Å². The minimum Gasteiger partial charge on any atom is -0.341 e. The van der Waals surface area contributed by atoms with Crippen LogP contribution in [-0.2, 0) is 4.79 Å². The Balaban J connectivity index is 1.40. The van der Waals surface area contributed by atoms with Gasteiger partial charge >= 0.3 is 0 Å². The Morgan fingerprint density at radius 3 is 2.16 bits per heavy atom.